The number of halogens is 4. The van der Waals surface area contributed by atoms with Crippen molar-refractivity contribution in [3.63, 3.8) is 0 Å². The Labute approximate surface area is 212 Å². The first-order valence-electron chi connectivity index (χ1n) is 10.9. The van der Waals surface area contributed by atoms with Gasteiger partial charge in [0.2, 0.25) is 5.91 Å². The van der Waals surface area contributed by atoms with Crippen molar-refractivity contribution in [1.29, 1.82) is 0 Å². The quantitative estimate of drug-likeness (QED) is 0.348. The maximum Gasteiger partial charge on any atom is 0.416 e. The molecule has 1 aliphatic heterocycles. The van der Waals surface area contributed by atoms with Gasteiger partial charge in [-0.05, 0) is 42.0 Å². The maximum atomic E-state index is 13.4. The monoisotopic (exact) mass is 554 g/mol. The Bertz CT molecular complexity index is 1450. The van der Waals surface area contributed by atoms with Crippen LogP contribution in [0, 0.1) is 0 Å². The Morgan fingerprint density at radius 2 is 1.69 bits per heavy atom. The number of para-hydroxylation sites is 1. The summed E-state index contributed by atoms with van der Waals surface area (Å²) >= 11 is 3.53. The second kappa shape index (κ2) is 9.27. The number of hydrogen-bond donors (Lipinski definition) is 2. The smallest absolute Gasteiger partial charge is 0.339 e. The van der Waals surface area contributed by atoms with E-state index in [-0.39, 0.29) is 5.56 Å². The Balaban J connectivity index is 1.57. The molecule has 1 aliphatic rings. The van der Waals surface area contributed by atoms with Gasteiger partial charge in [-0.3, -0.25) is 9.59 Å². The average molecular weight is 555 g/mol. The Kier molecular flexibility index (Phi) is 6.13. The lowest BCUT2D eigenvalue weighted by Gasteiger charge is -2.32. The van der Waals surface area contributed by atoms with Crippen LogP contribution < -0.4 is 10.6 Å². The minimum Gasteiger partial charge on any atom is -0.339 e. The van der Waals surface area contributed by atoms with Crippen LogP contribution >= 0.6 is 15.9 Å². The highest BCUT2D eigenvalue weighted by molar-refractivity contribution is 9.10. The summed E-state index contributed by atoms with van der Waals surface area (Å²) in [4.78, 5) is 26.4. The van der Waals surface area contributed by atoms with Crippen LogP contribution in [-0.4, -0.2) is 27.6 Å². The molecule has 3 aromatic carbocycles. The van der Waals surface area contributed by atoms with Gasteiger partial charge in [0.15, 0.2) is 0 Å². The third-order valence-corrected chi connectivity index (χ3v) is 6.69. The zero-order valence-electron chi connectivity index (χ0n) is 18.5. The molecule has 6 nitrogen and oxygen atoms in total. The van der Waals surface area contributed by atoms with Crippen molar-refractivity contribution in [3.8, 4) is 5.69 Å². The minimum atomic E-state index is -4.60. The minimum absolute atomic E-state index is 0.200. The summed E-state index contributed by atoms with van der Waals surface area (Å²) in [6.07, 6.45) is -2.98. The highest BCUT2D eigenvalue weighted by Gasteiger charge is 2.41. The van der Waals surface area contributed by atoms with E-state index in [1.807, 2.05) is 48.5 Å². The number of carbonyl (C=O) groups excluding carboxylic acids is 2. The molecule has 182 valence electrons. The van der Waals surface area contributed by atoms with Crippen LogP contribution in [0.4, 0.5) is 19.0 Å². The normalized spacial score (nSPS) is 17.3. The number of nitrogens with one attached hydrogen (secondary N) is 2. The van der Waals surface area contributed by atoms with E-state index >= 15 is 0 Å². The van der Waals surface area contributed by atoms with Gasteiger partial charge in [-0.15, -0.1) is 0 Å². The summed E-state index contributed by atoms with van der Waals surface area (Å²) in [5, 5.41) is 9.94. The van der Waals surface area contributed by atoms with Gasteiger partial charge in [-0.1, -0.05) is 58.4 Å². The van der Waals surface area contributed by atoms with E-state index in [9.17, 15) is 22.8 Å². The fraction of sp³-hybridized carbons (Fsp3) is 0.115. The van der Waals surface area contributed by atoms with Crippen LogP contribution in [0.1, 0.15) is 33.0 Å². The Morgan fingerprint density at radius 1 is 0.972 bits per heavy atom. The summed E-state index contributed by atoms with van der Waals surface area (Å²) in [7, 11) is 0. The first-order valence-corrected chi connectivity index (χ1v) is 11.7. The topological polar surface area (TPSA) is 76.0 Å². The number of aromatic nitrogens is 2. The van der Waals surface area contributed by atoms with E-state index < -0.39 is 35.5 Å². The summed E-state index contributed by atoms with van der Waals surface area (Å²) in [5.41, 5.74) is 0.956. The van der Waals surface area contributed by atoms with Crippen LogP contribution in [0.2, 0.25) is 0 Å². The van der Waals surface area contributed by atoms with Gasteiger partial charge in [-0.2, -0.15) is 18.3 Å². The lowest BCUT2D eigenvalue weighted by molar-refractivity contribution is -0.137. The highest BCUT2D eigenvalue weighted by Crippen LogP contribution is 2.41. The molecule has 0 radical (unpaired) electrons. The first-order chi connectivity index (χ1) is 17.2. The predicted molar refractivity (Wildman–Crippen MR) is 131 cm³/mol. The molecule has 2 heterocycles. The second-order valence-electron chi connectivity index (χ2n) is 8.21. The summed E-state index contributed by atoms with van der Waals surface area (Å²) in [6.45, 7) is 0. The highest BCUT2D eigenvalue weighted by atomic mass is 79.9. The van der Waals surface area contributed by atoms with E-state index in [1.54, 1.807) is 16.9 Å². The molecule has 2 N–H and O–H groups in total. The van der Waals surface area contributed by atoms with Crippen molar-refractivity contribution in [2.45, 2.75) is 18.1 Å². The molecule has 5 rings (SSSR count). The molecular weight excluding hydrogens is 537 g/mol. The van der Waals surface area contributed by atoms with Crippen molar-refractivity contribution in [1.82, 2.24) is 15.1 Å². The number of anilines is 1. The average Bonchev–Trinajstić information content (AvgIpc) is 3.28. The van der Waals surface area contributed by atoms with Crippen molar-refractivity contribution >= 4 is 33.6 Å². The zero-order chi connectivity index (χ0) is 25.4. The van der Waals surface area contributed by atoms with E-state index in [4.69, 9.17) is 0 Å². The van der Waals surface area contributed by atoms with Crippen molar-refractivity contribution < 1.29 is 22.8 Å². The molecule has 2 atom stereocenters. The van der Waals surface area contributed by atoms with Gasteiger partial charge in [0.1, 0.15) is 11.9 Å². The number of rotatable bonds is 4. The molecule has 0 spiro atoms. The molecule has 0 fully saturated rings. The summed E-state index contributed by atoms with van der Waals surface area (Å²) in [6, 6.07) is 19.5. The molecule has 0 saturated heterocycles. The number of nitrogens with zero attached hydrogens (tertiary/aromatic N) is 2. The number of carbonyl (C=O) groups is 2. The van der Waals surface area contributed by atoms with E-state index in [0.29, 0.717) is 15.9 Å². The van der Waals surface area contributed by atoms with Gasteiger partial charge < -0.3 is 10.6 Å². The zero-order valence-corrected chi connectivity index (χ0v) is 20.0. The molecule has 0 bridgehead atoms. The first kappa shape index (κ1) is 23.8. The van der Waals surface area contributed by atoms with Crippen LogP contribution in [0.5, 0.6) is 0 Å². The summed E-state index contributed by atoms with van der Waals surface area (Å²) in [5.74, 6) is -1.51. The number of fused-ring (bicyclic) bond motifs is 1. The molecule has 0 aliphatic carbocycles. The molecule has 2 amide bonds. The third kappa shape index (κ3) is 4.39. The summed E-state index contributed by atoms with van der Waals surface area (Å²) < 4.78 is 41.8. The number of alkyl halides is 3. The van der Waals surface area contributed by atoms with Gasteiger partial charge >= 0.3 is 6.18 Å². The molecule has 10 heteroatoms. The maximum absolute atomic E-state index is 13.4. The number of hydrogen-bond acceptors (Lipinski definition) is 3. The van der Waals surface area contributed by atoms with Crippen LogP contribution in [0.3, 0.4) is 0 Å². The molecule has 0 unspecified atom stereocenters. The van der Waals surface area contributed by atoms with Crippen LogP contribution in [0.15, 0.2) is 89.5 Å². The lowest BCUT2D eigenvalue weighted by Crippen LogP contribution is -2.50. The van der Waals surface area contributed by atoms with E-state index in [2.05, 4.69) is 31.7 Å². The van der Waals surface area contributed by atoms with Crippen molar-refractivity contribution in [3.05, 3.63) is 112 Å². The molecule has 1 aromatic heterocycles. The molecule has 4 aromatic rings. The van der Waals surface area contributed by atoms with Gasteiger partial charge in [0, 0.05) is 21.5 Å². The van der Waals surface area contributed by atoms with Crippen LogP contribution in [0.25, 0.3) is 5.69 Å². The van der Waals surface area contributed by atoms with E-state index in [0.717, 1.165) is 29.4 Å². The second-order valence-corrected chi connectivity index (χ2v) is 9.07. The third-order valence-electron chi connectivity index (χ3n) is 5.97. The molecule has 0 saturated carbocycles. The predicted octanol–water partition coefficient (Wildman–Crippen LogP) is 5.54. The van der Waals surface area contributed by atoms with Crippen molar-refractivity contribution in [2.24, 2.45) is 0 Å². The standard InChI is InChI=1S/C26H18BrF3N4O2/c27-20-12-5-4-11-18(20)21-19-14-31-34(17-9-2-1-3-10-17)23(19)33-25(36)22(21)32-24(35)15-7-6-8-16(13-15)26(28,29)30/h1-14,21-22H,(H,32,35)(H,33,36)/t21-,22+/m1/s1. The number of amides is 2. The fourth-order valence-electron chi connectivity index (χ4n) is 4.29. The fourth-order valence-corrected chi connectivity index (χ4v) is 4.82. The van der Waals surface area contributed by atoms with Gasteiger partial charge in [-0.25, -0.2) is 4.68 Å². The SMILES string of the molecule is O=C(N[C@@H]1C(=O)Nc2c(cnn2-c2ccccc2)[C@H]1c1ccccc1Br)c1cccc(C(F)(F)F)c1. The van der Waals surface area contributed by atoms with Gasteiger partial charge in [0.25, 0.3) is 5.91 Å². The number of benzene rings is 3. The Hall–Kier alpha value is -3.92. The lowest BCUT2D eigenvalue weighted by atomic mass is 9.83. The van der Waals surface area contributed by atoms with Crippen molar-refractivity contribution in [2.75, 3.05) is 5.32 Å². The van der Waals surface area contributed by atoms with E-state index in [1.165, 1.54) is 6.07 Å². The largest absolute Gasteiger partial charge is 0.416 e. The van der Waals surface area contributed by atoms with Crippen LogP contribution in [-0.2, 0) is 11.0 Å². The van der Waals surface area contributed by atoms with Gasteiger partial charge in [0.05, 0.1) is 17.4 Å². The molecule has 36 heavy (non-hydrogen) atoms. The Morgan fingerprint density at radius 3 is 2.42 bits per heavy atom. The molecular formula is C26H18BrF3N4O2.